The highest BCUT2D eigenvalue weighted by molar-refractivity contribution is 5.13. The van der Waals surface area contributed by atoms with E-state index in [0.717, 1.165) is 143 Å². The van der Waals surface area contributed by atoms with Crippen molar-refractivity contribution in [3.8, 4) is 0 Å². The maximum Gasteiger partial charge on any atom is 0.0163 e. The van der Waals surface area contributed by atoms with E-state index in [-0.39, 0.29) is 0 Å². The number of hydrogen-bond donors (Lipinski definition) is 0. The van der Waals surface area contributed by atoms with Crippen LogP contribution in [0.25, 0.3) is 0 Å². The normalized spacial score (nSPS) is 47.3. The van der Waals surface area contributed by atoms with Crippen molar-refractivity contribution in [2.75, 3.05) is 0 Å². The second-order valence-corrected chi connectivity index (χ2v) is 32.2. The molecule has 14 fully saturated rings. The van der Waals surface area contributed by atoms with Crippen LogP contribution in [0, 0.1) is 107 Å². The van der Waals surface area contributed by atoms with Crippen molar-refractivity contribution < 1.29 is 0 Å². The molecule has 0 aromatic heterocycles. The molecule has 0 aromatic rings. The van der Waals surface area contributed by atoms with Crippen LogP contribution in [0.4, 0.5) is 0 Å². The fourth-order valence-electron chi connectivity index (χ4n) is 25.5. The Morgan fingerprint density at radius 1 is 0.197 bits per heavy atom. The molecule has 14 rings (SSSR count). The van der Waals surface area contributed by atoms with Crippen LogP contribution in [-0.4, -0.2) is 46.1 Å². The number of fused-ring (bicyclic) bond motifs is 3. The van der Waals surface area contributed by atoms with Crippen molar-refractivity contribution in [3.63, 3.8) is 0 Å². The number of nitrogens with zero attached hydrogens (tertiary/aromatic N) is 2. The lowest BCUT2D eigenvalue weighted by atomic mass is 9.42. The van der Waals surface area contributed by atoms with Gasteiger partial charge in [0.05, 0.1) is 0 Å². The summed E-state index contributed by atoms with van der Waals surface area (Å²) in [5.74, 6) is 18.5. The van der Waals surface area contributed by atoms with Crippen molar-refractivity contribution in [3.05, 3.63) is 24.3 Å². The Kier molecular flexibility index (Phi) is 17.4. The van der Waals surface area contributed by atoms with Crippen LogP contribution in [0.3, 0.4) is 0 Å². The second-order valence-electron chi connectivity index (χ2n) is 32.2. The average molecular weight is 1040 g/mol. The molecule has 0 N–H and O–H groups in total. The highest BCUT2D eigenvalue weighted by atomic mass is 15.2. The fraction of sp³-hybridized carbons (Fsp3) is 0.946. The van der Waals surface area contributed by atoms with E-state index < -0.39 is 0 Å². The molecular formula is C74H120N2. The summed E-state index contributed by atoms with van der Waals surface area (Å²) in [5, 5.41) is 0. The monoisotopic (exact) mass is 1040 g/mol. The zero-order chi connectivity index (χ0) is 50.4. The van der Waals surface area contributed by atoms with Gasteiger partial charge >= 0.3 is 0 Å². The Balaban J connectivity index is 0.692. The summed E-state index contributed by atoms with van der Waals surface area (Å²) in [7, 11) is 0. The third-order valence-corrected chi connectivity index (χ3v) is 28.5. The zero-order valence-corrected chi connectivity index (χ0v) is 49.6. The molecule has 426 valence electrons. The minimum absolute atomic E-state index is 0.870. The molecule has 0 spiro atoms. The van der Waals surface area contributed by atoms with Gasteiger partial charge < -0.3 is 0 Å². The van der Waals surface area contributed by atoms with Crippen LogP contribution in [0.15, 0.2) is 24.3 Å². The molecule has 14 saturated carbocycles. The van der Waals surface area contributed by atoms with E-state index in [2.05, 4.69) is 34.1 Å². The lowest BCUT2D eigenvalue weighted by molar-refractivity contribution is -0.167. The van der Waals surface area contributed by atoms with Gasteiger partial charge in [-0.2, -0.15) is 0 Å². The Morgan fingerprint density at radius 2 is 0.566 bits per heavy atom. The smallest absolute Gasteiger partial charge is 0.0163 e. The molecule has 0 aliphatic heterocycles. The van der Waals surface area contributed by atoms with E-state index in [4.69, 9.17) is 0 Å². The number of allylic oxidation sites excluding steroid dienone is 4. The molecule has 2 nitrogen and oxygen atoms in total. The van der Waals surface area contributed by atoms with E-state index in [0.29, 0.717) is 0 Å². The molecule has 0 radical (unpaired) electrons. The molecule has 0 aromatic carbocycles. The summed E-state index contributed by atoms with van der Waals surface area (Å²) in [5.41, 5.74) is 0. The number of rotatable bonds is 11. The minimum Gasteiger partial charge on any atom is -0.294 e. The average Bonchev–Trinajstić information content (AvgIpc) is 3.50. The Labute approximate surface area is 469 Å². The van der Waals surface area contributed by atoms with Crippen LogP contribution < -0.4 is 0 Å². The zero-order valence-electron chi connectivity index (χ0n) is 49.6. The van der Waals surface area contributed by atoms with Gasteiger partial charge in [0.1, 0.15) is 0 Å². The molecule has 76 heavy (non-hydrogen) atoms. The molecule has 12 atom stereocenters. The molecule has 0 saturated heterocycles. The van der Waals surface area contributed by atoms with Gasteiger partial charge in [-0.1, -0.05) is 140 Å². The van der Waals surface area contributed by atoms with Crippen LogP contribution in [-0.2, 0) is 0 Å². The Morgan fingerprint density at radius 3 is 1.07 bits per heavy atom. The predicted molar refractivity (Wildman–Crippen MR) is 320 cm³/mol. The molecule has 12 unspecified atom stereocenters. The van der Waals surface area contributed by atoms with Gasteiger partial charge in [0, 0.05) is 36.3 Å². The summed E-state index contributed by atoms with van der Waals surface area (Å²) >= 11 is 0. The first kappa shape index (κ1) is 53.4. The molecule has 0 bridgehead atoms. The highest BCUT2D eigenvalue weighted by Crippen LogP contribution is 2.67. The van der Waals surface area contributed by atoms with Gasteiger partial charge in [0.2, 0.25) is 0 Å². The highest BCUT2D eigenvalue weighted by Gasteiger charge is 2.62. The van der Waals surface area contributed by atoms with Crippen molar-refractivity contribution in [1.82, 2.24) is 9.80 Å². The first-order valence-corrected chi connectivity index (χ1v) is 36.6. The molecule has 14 aliphatic rings. The van der Waals surface area contributed by atoms with Gasteiger partial charge in [-0.15, -0.1) is 0 Å². The lowest BCUT2D eigenvalue weighted by Crippen LogP contribution is -2.65. The molecular weight excluding hydrogens is 917 g/mol. The number of hydrogen-bond acceptors (Lipinski definition) is 2. The fourth-order valence-corrected chi connectivity index (χ4v) is 25.5. The third kappa shape index (κ3) is 11.2. The molecule has 2 heteroatoms. The van der Waals surface area contributed by atoms with Crippen LogP contribution in [0.2, 0.25) is 0 Å². The van der Waals surface area contributed by atoms with Crippen LogP contribution >= 0.6 is 0 Å². The topological polar surface area (TPSA) is 6.48 Å². The Bertz CT molecular complexity index is 1830. The maximum absolute atomic E-state index is 3.56. The quantitative estimate of drug-likeness (QED) is 0.190. The predicted octanol–water partition coefficient (Wildman–Crippen LogP) is 20.1. The van der Waals surface area contributed by atoms with Gasteiger partial charge in [-0.25, -0.2) is 0 Å². The second kappa shape index (κ2) is 24.7. The summed E-state index contributed by atoms with van der Waals surface area (Å²) < 4.78 is 0. The van der Waals surface area contributed by atoms with E-state index in [1.165, 1.54) is 180 Å². The standard InChI is InChI=1S/C74H120N2/c1-5-17-51(18-6-1)29-31-53-33-41-64(42-34-53)75(62-23-9-3-10-24-62)66-47-59-39-37-57-45-61(46-58-38-40-60(48-66)72(59)71(57)58)73-67-27-15-16-28-68(67)74(70-50-56-22-14-13-21-55(56)49-69(70)73)76(63-25-11-4-12-26-63)65-43-35-54(36-44-65)32-30-52-19-7-2-8-20-52/h29-32,51-74H,1-28,33-50H2. The first-order chi connectivity index (χ1) is 37.7. The van der Waals surface area contributed by atoms with E-state index in [9.17, 15) is 0 Å². The summed E-state index contributed by atoms with van der Waals surface area (Å²) in [6.07, 6.45) is 82.1. The molecule has 14 aliphatic carbocycles. The lowest BCUT2D eigenvalue weighted by Gasteiger charge is -2.66. The SMILES string of the molecule is C(=CC1CCC(N(C2CCCCC2)C2CC3CCC4CC(C5C6CCCCC6C(N(C6CCCCC6)C6CCC(C=CC7CCCCC7)CC6)C6CC7CCCCC7CC65)CC5CCC(C2)C3C45)CC1)C1CCCCC1. The van der Waals surface area contributed by atoms with Crippen LogP contribution in [0.5, 0.6) is 0 Å². The third-order valence-electron chi connectivity index (χ3n) is 28.5. The first-order valence-electron chi connectivity index (χ1n) is 36.6. The Hall–Kier alpha value is -0.600. The van der Waals surface area contributed by atoms with Crippen LogP contribution in [0.1, 0.15) is 295 Å². The van der Waals surface area contributed by atoms with E-state index >= 15 is 0 Å². The van der Waals surface area contributed by atoms with Crippen molar-refractivity contribution in [2.45, 2.75) is 332 Å². The molecule has 0 heterocycles. The minimum atomic E-state index is 0.870. The van der Waals surface area contributed by atoms with Gasteiger partial charge in [-0.3, -0.25) is 9.80 Å². The van der Waals surface area contributed by atoms with Gasteiger partial charge in [0.25, 0.3) is 0 Å². The van der Waals surface area contributed by atoms with Crippen molar-refractivity contribution in [1.29, 1.82) is 0 Å². The van der Waals surface area contributed by atoms with Crippen molar-refractivity contribution in [2.24, 2.45) is 107 Å². The van der Waals surface area contributed by atoms with E-state index in [1.54, 1.807) is 116 Å². The summed E-state index contributed by atoms with van der Waals surface area (Å²) in [6, 6.07) is 5.43. The summed E-state index contributed by atoms with van der Waals surface area (Å²) in [6.45, 7) is 0. The van der Waals surface area contributed by atoms with Gasteiger partial charge in [-0.05, 0) is 286 Å². The maximum atomic E-state index is 3.56. The van der Waals surface area contributed by atoms with E-state index in [1.807, 2.05) is 0 Å². The van der Waals surface area contributed by atoms with Gasteiger partial charge in [0.15, 0.2) is 0 Å². The molecule has 0 amide bonds. The largest absolute Gasteiger partial charge is 0.294 e. The van der Waals surface area contributed by atoms with Crippen molar-refractivity contribution >= 4 is 0 Å². The summed E-state index contributed by atoms with van der Waals surface area (Å²) in [4.78, 5) is 6.95.